The van der Waals surface area contributed by atoms with Crippen molar-refractivity contribution in [2.45, 2.75) is 301 Å². The Morgan fingerprint density at radius 2 is 0.662 bits per heavy atom. The summed E-state index contributed by atoms with van der Waals surface area (Å²) >= 11 is 7.79. The first kappa shape index (κ1) is 117. The van der Waals surface area contributed by atoms with Gasteiger partial charge in [0.05, 0.1) is 127 Å². The van der Waals surface area contributed by atoms with Gasteiger partial charge in [-0.1, -0.05) is 51.4 Å². The van der Waals surface area contributed by atoms with Crippen molar-refractivity contribution < 1.29 is 95.4 Å². The number of benzene rings is 2. The number of hydrogen-bond donors (Lipinski definition) is 12. The van der Waals surface area contributed by atoms with Gasteiger partial charge in [0.2, 0.25) is 0 Å². The highest BCUT2D eigenvalue weighted by Gasteiger charge is 2.44. The van der Waals surface area contributed by atoms with Gasteiger partial charge in [-0.05, 0) is 162 Å². The predicted molar refractivity (Wildman–Crippen MR) is 561 cm³/mol. The summed E-state index contributed by atoms with van der Waals surface area (Å²) in [6.45, 7) is 5.81. The van der Waals surface area contributed by atoms with Crippen molar-refractivity contribution in [3.05, 3.63) is 58.7 Å². The first-order valence-electron chi connectivity index (χ1n) is 51.8. The first-order chi connectivity index (χ1) is 68.9. The third kappa shape index (κ3) is 43.5. The van der Waals surface area contributed by atoms with Crippen molar-refractivity contribution >= 4 is 152 Å². The number of methoxy groups -OCH3 is 2. The van der Waals surface area contributed by atoms with Gasteiger partial charge >= 0.3 is 24.0 Å². The average molecular weight is 2060 g/mol. The molecule has 4 fully saturated rings. The fourth-order valence-corrected chi connectivity index (χ4v) is 25.5. The molecular formula is C102H160N16O20S4. The van der Waals surface area contributed by atoms with Gasteiger partial charge in [0.25, 0.3) is 0 Å². The van der Waals surface area contributed by atoms with Crippen LogP contribution < -0.4 is 66.3 Å². The highest BCUT2D eigenvalue weighted by Crippen LogP contribution is 2.44. The number of ether oxygens (including phenoxy) is 8. The Morgan fingerprint density at radius 3 is 1.02 bits per heavy atom. The number of unbranched alkanes of at least 4 members (excludes halogenated alkanes) is 8. The molecule has 8 aliphatic heterocycles. The van der Waals surface area contributed by atoms with Gasteiger partial charge in [0.15, 0.2) is 35.1 Å². The lowest BCUT2D eigenvalue weighted by Crippen LogP contribution is -2.38. The van der Waals surface area contributed by atoms with Crippen LogP contribution in [0.3, 0.4) is 0 Å². The third-order valence-corrected chi connectivity index (χ3v) is 32.9. The Labute approximate surface area is 855 Å². The maximum absolute atomic E-state index is 13.7. The number of guanidine groups is 2. The maximum Gasteiger partial charge on any atom is 0.319 e. The van der Waals surface area contributed by atoms with Gasteiger partial charge in [-0.3, -0.25) is 57.9 Å². The van der Waals surface area contributed by atoms with E-state index in [4.69, 9.17) is 72.3 Å². The summed E-state index contributed by atoms with van der Waals surface area (Å²) < 4.78 is 43.1. The first-order valence-corrected chi connectivity index (χ1v) is 56.0. The summed E-state index contributed by atoms with van der Waals surface area (Å²) in [5.74, 6) is 5.79. The van der Waals surface area contributed by atoms with Crippen LogP contribution in [-0.2, 0) is 66.7 Å². The Bertz CT molecular complexity index is 4230. The van der Waals surface area contributed by atoms with Crippen molar-refractivity contribution in [3.63, 3.8) is 0 Å². The van der Waals surface area contributed by atoms with Crippen molar-refractivity contribution in [1.82, 2.24) is 21.3 Å². The Balaban J connectivity index is 0.000000319. The number of carbonyl (C=O) groups excluding carboxylic acids is 12. The van der Waals surface area contributed by atoms with Crippen LogP contribution in [0.25, 0.3) is 0 Å². The van der Waals surface area contributed by atoms with Crippen molar-refractivity contribution in [2.75, 3.05) is 153 Å². The molecule has 0 spiro atoms. The fourth-order valence-electron chi connectivity index (χ4n) is 19.2. The minimum absolute atomic E-state index is 0.0308. The van der Waals surface area contributed by atoms with E-state index < -0.39 is 35.8 Å². The summed E-state index contributed by atoms with van der Waals surface area (Å²) in [4.78, 5) is 174. The second kappa shape index (κ2) is 66.9. The number of nitrogens with zero attached hydrogens (tertiary/aromatic N) is 4. The predicted octanol–water partition coefficient (Wildman–Crippen LogP) is 11.5. The van der Waals surface area contributed by atoms with Crippen LogP contribution in [-0.4, -0.2) is 294 Å². The number of nitrogens with one attached hydrogen (secondary N) is 6. The molecule has 2 aromatic rings. The highest BCUT2D eigenvalue weighted by atomic mass is 32.2. The molecule has 10 rings (SSSR count). The van der Waals surface area contributed by atoms with E-state index in [1.807, 2.05) is 47.0 Å². The molecule has 14 atom stereocenters. The van der Waals surface area contributed by atoms with Crippen LogP contribution in [0.4, 0.5) is 21.0 Å². The molecule has 0 bridgehead atoms. The average Bonchev–Trinajstić information content (AvgIpc) is 1.65. The number of rotatable bonds is 76. The molecule has 0 unspecified atom stereocenters. The summed E-state index contributed by atoms with van der Waals surface area (Å²) in [5, 5.41) is 19.2. The molecule has 18 N–H and O–H groups in total. The normalized spacial score (nSPS) is 21.4. The molecule has 36 nitrogen and oxygen atoms in total. The number of anilines is 2. The zero-order valence-electron chi connectivity index (χ0n) is 83.6. The van der Waals surface area contributed by atoms with E-state index in [-0.39, 0.29) is 140 Å². The lowest BCUT2D eigenvalue weighted by atomic mass is 9.92. The summed E-state index contributed by atoms with van der Waals surface area (Å²) in [6, 6.07) is 10.1. The maximum atomic E-state index is 13.7. The van der Waals surface area contributed by atoms with E-state index in [1.54, 1.807) is 36.4 Å². The molecule has 40 heteroatoms. The second-order valence-corrected chi connectivity index (χ2v) is 43.1. The molecule has 792 valence electrons. The van der Waals surface area contributed by atoms with Gasteiger partial charge in [-0.15, -0.1) is 0 Å². The summed E-state index contributed by atoms with van der Waals surface area (Å²) in [6.07, 6.45) is 23.4. The number of amides is 4. The highest BCUT2D eigenvalue weighted by molar-refractivity contribution is 8.01. The molecule has 2 aromatic carbocycles. The molecule has 4 saturated heterocycles. The van der Waals surface area contributed by atoms with Crippen LogP contribution in [0.1, 0.15) is 285 Å². The van der Waals surface area contributed by atoms with E-state index in [0.29, 0.717) is 280 Å². The quantitative estimate of drug-likeness (QED) is 0.0166. The standard InChI is InChI=1S/C54H84N8O11S2.C48H76N8O9S2/c1-70-51(67)35(30-41(63)15-9-11-19-46-49-39(33-74-46)32-48(56)61-49)13-5-3-7-17-44(65)37-27-38(29-40(28-37)59-54(69)58-22-24-73-26-25-72-23-21-55)45(66)18-8-4-6-14-36(52(68)71-2)31-42(64)16-10-12-20-47-50-43(34-75-47)60-53(57)62-50;49-17-23-64-25-26-65-24-18-52-48(61)53-36-28-33(40(59)13-7-21-62-19-5-11-37(57)9-1-3-15-42-45-35(31-66-42)30-44(50)55-45)27-34(29-36)41(60)14-8-22-63-20-6-12-38(58)10-2-4-16-43-46-39(32-67-43)54-47(51)56-46/h27-29,35-36,39,43,46-47,49-50H,3-26,30-34,55H2,1-2H3,(H2,56,61)(H3,57,60,62)(H2,58,59,69);27-29,35,39,42-43,45-46H,1-26,30-32,49H2,(H2,50,55)(H3,51,54,56)(H2,52,53,61)/t35-,36-,39+,43+,46+,47+,49+,50+;35-,39-,42-,43-,45-,46-/m10/s1. The molecule has 4 amide bonds. The number of thioether (sulfide) groups is 4. The summed E-state index contributed by atoms with van der Waals surface area (Å²) in [7, 11) is 2.65. The monoisotopic (exact) mass is 2060 g/mol. The second-order valence-electron chi connectivity index (χ2n) is 38.1. The van der Waals surface area contributed by atoms with E-state index in [2.05, 4.69) is 51.9 Å². The lowest BCUT2D eigenvalue weighted by molar-refractivity contribution is -0.148. The fraction of sp³-hybridized carbons (Fsp3) is 0.725. The number of ketones is 8. The Hall–Kier alpha value is -8.16. The molecule has 0 aliphatic carbocycles. The van der Waals surface area contributed by atoms with E-state index in [9.17, 15) is 57.5 Å². The number of amidine groups is 2. The van der Waals surface area contributed by atoms with Crippen LogP contribution >= 0.6 is 47.0 Å². The van der Waals surface area contributed by atoms with Crippen LogP contribution in [0.15, 0.2) is 56.4 Å². The van der Waals surface area contributed by atoms with Crippen LogP contribution in [0.5, 0.6) is 0 Å². The number of Topliss-reactive ketones (excluding diaryl/α,β-unsaturated/α-hetero) is 8. The lowest BCUT2D eigenvalue weighted by Gasteiger charge is -2.15. The van der Waals surface area contributed by atoms with Gasteiger partial charge in [-0.25, -0.2) is 19.6 Å². The number of hydrogen-bond acceptors (Lipinski definition) is 36. The molecule has 0 radical (unpaired) electrons. The van der Waals surface area contributed by atoms with Crippen molar-refractivity contribution in [1.29, 1.82) is 0 Å². The Kier molecular flexibility index (Phi) is 55.3. The largest absolute Gasteiger partial charge is 0.469 e. The van der Waals surface area contributed by atoms with Crippen LogP contribution in [0, 0.1) is 23.7 Å². The van der Waals surface area contributed by atoms with E-state index >= 15 is 0 Å². The number of fused-ring (bicyclic) bond motifs is 4. The number of esters is 2. The molecular weight excluding hydrogens is 1900 g/mol. The summed E-state index contributed by atoms with van der Waals surface area (Å²) in [5.41, 5.74) is 36.3. The SMILES string of the molecule is COC(=O)[C@H](CCCCCC(=O)c1cc(NC(=O)NCCOCCOCCN)cc(C(=O)CCCCC[C@H](CC(=O)CCCC[C@@H]2SC[C@@H]3NC(N)=N[C@@H]32)C(=O)OC)c1)CC(=O)CCCC[C@@H]1SC[C@@H]2CC(N)=N[C@@H]21.NCCOCCOCCNC(=O)Nc1cc(C(=O)CCCOCCCC(=O)CCCC[C@@H]2SC[C@@H]3CC(N)=N[C@@H]32)cc(C(=O)CCCOCCCC(=O)CCCC[C@@H]2SC[C@@H]3NC(N)=N[C@@H]32)c1. The van der Waals surface area contributed by atoms with Gasteiger partial charge in [0.1, 0.15) is 23.1 Å². The zero-order valence-corrected chi connectivity index (χ0v) is 86.9. The minimum atomic E-state index is -0.558. The minimum Gasteiger partial charge on any atom is -0.469 e. The molecule has 8 heterocycles. The third-order valence-electron chi connectivity index (χ3n) is 26.7. The smallest absolute Gasteiger partial charge is 0.319 e. The van der Waals surface area contributed by atoms with Crippen molar-refractivity contribution in [2.24, 2.45) is 78.0 Å². The Morgan fingerprint density at radius 1 is 0.352 bits per heavy atom. The van der Waals surface area contributed by atoms with Crippen LogP contribution in [0.2, 0.25) is 0 Å². The van der Waals surface area contributed by atoms with Gasteiger partial charge < -0.3 is 104 Å². The zero-order chi connectivity index (χ0) is 102. The molecule has 8 aliphatic rings. The number of aliphatic imine (C=N–C) groups is 4. The van der Waals surface area contributed by atoms with E-state index in [1.165, 1.54) is 14.2 Å². The number of carbonyl (C=O) groups is 12. The topological polar surface area (TPSA) is 556 Å². The van der Waals surface area contributed by atoms with Gasteiger partial charge in [-0.2, -0.15) is 47.0 Å². The number of nitrogens with two attached hydrogens (primary N) is 6. The molecule has 142 heavy (non-hydrogen) atoms. The number of urea groups is 2. The van der Waals surface area contributed by atoms with Crippen molar-refractivity contribution in [3.8, 4) is 0 Å². The van der Waals surface area contributed by atoms with Gasteiger partial charge in [0, 0.05) is 209 Å². The molecule has 0 saturated carbocycles. The van der Waals surface area contributed by atoms with E-state index in [0.717, 1.165) is 125 Å². The molecule has 0 aromatic heterocycles.